The van der Waals surface area contributed by atoms with Crippen molar-refractivity contribution < 1.29 is 43.4 Å². The summed E-state index contributed by atoms with van der Waals surface area (Å²) in [7, 11) is 5.21. The van der Waals surface area contributed by atoms with E-state index in [4.69, 9.17) is 4.74 Å². The number of nitrogens with zero attached hydrogens (tertiary/aromatic N) is 3. The maximum Gasteiger partial charge on any atom is 0.326 e. The highest BCUT2D eigenvalue weighted by Gasteiger charge is 2.37. The van der Waals surface area contributed by atoms with Crippen LogP contribution in [0.3, 0.4) is 0 Å². The van der Waals surface area contributed by atoms with E-state index in [9.17, 15) is 38.7 Å². The number of aromatic nitrogens is 1. The normalized spacial score (nSPS) is 17.4. The van der Waals surface area contributed by atoms with Crippen molar-refractivity contribution in [2.45, 2.75) is 109 Å². The lowest BCUT2D eigenvalue weighted by atomic mass is 9.92. The Morgan fingerprint density at radius 2 is 1.74 bits per heavy atom. The molecule has 0 radical (unpaired) electrons. The number of anilines is 1. The first-order chi connectivity index (χ1) is 27.5. The average molecular weight is 829 g/mol. The Morgan fingerprint density at radius 3 is 2.33 bits per heavy atom. The molecule has 2 aromatic rings. The van der Waals surface area contributed by atoms with Crippen molar-refractivity contribution in [3.05, 3.63) is 45.9 Å². The molecule has 1 aliphatic rings. The molecule has 58 heavy (non-hydrogen) atoms. The Kier molecular flexibility index (Phi) is 18.7. The van der Waals surface area contributed by atoms with E-state index < -0.39 is 47.9 Å². The lowest BCUT2D eigenvalue weighted by Gasteiger charge is -2.38. The lowest BCUT2D eigenvalue weighted by molar-refractivity contribution is -0.142. The molecule has 6 amide bonds. The van der Waals surface area contributed by atoms with E-state index in [0.29, 0.717) is 35.5 Å². The molecule has 17 nitrogen and oxygen atoms in total. The van der Waals surface area contributed by atoms with Gasteiger partial charge < -0.3 is 41.3 Å². The molecule has 1 aliphatic heterocycles. The molecule has 7 atom stereocenters. The quantitative estimate of drug-likeness (QED) is 0.0945. The molecule has 1 fully saturated rings. The zero-order chi connectivity index (χ0) is 43.1. The number of likely N-dealkylation sites (N-methyl/N-ethyl adjacent to an activating group) is 2. The van der Waals surface area contributed by atoms with Gasteiger partial charge >= 0.3 is 5.97 Å². The van der Waals surface area contributed by atoms with Gasteiger partial charge in [0.2, 0.25) is 30.0 Å². The number of likely N-dealkylation sites (tertiary alicyclic amines) is 1. The third kappa shape index (κ3) is 13.6. The van der Waals surface area contributed by atoms with E-state index in [2.05, 4.69) is 31.6 Å². The molecule has 320 valence electrons. The summed E-state index contributed by atoms with van der Waals surface area (Å²) < 4.78 is 5.85. The van der Waals surface area contributed by atoms with E-state index in [1.807, 2.05) is 39.6 Å². The maximum absolute atomic E-state index is 14.1. The molecule has 0 bridgehead atoms. The van der Waals surface area contributed by atoms with Gasteiger partial charge in [0.1, 0.15) is 34.9 Å². The summed E-state index contributed by atoms with van der Waals surface area (Å²) in [4.78, 5) is 96.3. The summed E-state index contributed by atoms with van der Waals surface area (Å²) in [6.45, 7) is 10.0. The second-order valence-electron chi connectivity index (χ2n) is 15.2. The predicted molar refractivity (Wildman–Crippen MR) is 219 cm³/mol. The minimum atomic E-state index is -1.31. The van der Waals surface area contributed by atoms with Gasteiger partial charge in [-0.15, -0.1) is 11.3 Å². The molecule has 18 heteroatoms. The zero-order valence-corrected chi connectivity index (χ0v) is 35.5. The van der Waals surface area contributed by atoms with Crippen molar-refractivity contribution in [1.29, 1.82) is 0 Å². The van der Waals surface area contributed by atoms with Crippen LogP contribution in [0.5, 0.6) is 0 Å². The highest BCUT2D eigenvalue weighted by atomic mass is 32.1. The molecule has 0 spiro atoms. The number of methoxy groups -OCH3 is 1. The number of ether oxygens (including phenoxy) is 1. The van der Waals surface area contributed by atoms with Gasteiger partial charge in [0, 0.05) is 44.1 Å². The van der Waals surface area contributed by atoms with E-state index in [0.717, 1.165) is 25.8 Å². The monoisotopic (exact) mass is 828 g/mol. The van der Waals surface area contributed by atoms with Crippen LogP contribution < -0.4 is 26.6 Å². The first-order valence-corrected chi connectivity index (χ1v) is 20.5. The van der Waals surface area contributed by atoms with Crippen LogP contribution >= 0.6 is 11.3 Å². The average Bonchev–Trinajstić information content (AvgIpc) is 3.69. The van der Waals surface area contributed by atoms with Gasteiger partial charge in [0.15, 0.2) is 0 Å². The smallest absolute Gasteiger partial charge is 0.326 e. The molecular weight excluding hydrogens is 769 g/mol. The number of carbonyl (C=O) groups excluding carboxylic acids is 6. The van der Waals surface area contributed by atoms with Crippen molar-refractivity contribution in [2.75, 3.05) is 39.6 Å². The standard InChI is InChI=1S/C40H60N8O9S/c1-9-24(4)34(46-37(53)30-12-10-11-17-47(30)6)39(54)48(7)31(23(2)3)19-32(57-8)38-45-29(21-58-38)36(52)42-25(5)35(51)44-28(40(55)56)18-26-13-15-27(16-14-26)43-33(50)20-41-22-49/h13-16,21-25,28,30-32,34H,9-12,17-20H2,1-8H3,(H,41,49)(H,42,52)(H,43,50)(H,44,51)(H,46,53)(H,55,56)/t24-,25-,28-,30+,31+,32+,34-/m0/s1. The summed E-state index contributed by atoms with van der Waals surface area (Å²) in [5.41, 5.74) is 1.05. The number of thiazole rings is 1. The minimum Gasteiger partial charge on any atom is -0.480 e. The fraction of sp³-hybridized carbons (Fsp3) is 0.600. The molecule has 0 aliphatic carbocycles. The second kappa shape index (κ2) is 22.9. The number of piperidine rings is 1. The molecule has 1 saturated heterocycles. The molecule has 2 heterocycles. The summed E-state index contributed by atoms with van der Waals surface area (Å²) in [5, 5.41) is 24.8. The lowest BCUT2D eigenvalue weighted by Crippen LogP contribution is -2.58. The van der Waals surface area contributed by atoms with Crippen molar-refractivity contribution >= 4 is 58.9 Å². The first-order valence-electron chi connectivity index (χ1n) is 19.7. The number of amides is 6. The Balaban J connectivity index is 1.63. The molecule has 0 unspecified atom stereocenters. The summed E-state index contributed by atoms with van der Waals surface area (Å²) in [6, 6.07) is 2.63. The molecule has 3 rings (SSSR count). The van der Waals surface area contributed by atoms with Crippen molar-refractivity contribution in [1.82, 2.24) is 36.1 Å². The van der Waals surface area contributed by atoms with Gasteiger partial charge in [-0.3, -0.25) is 33.7 Å². The Labute approximate surface area is 344 Å². The molecule has 0 saturated carbocycles. The SMILES string of the molecule is CC[C@H](C)[C@H](NC(=O)[C@H]1CCCCN1C)C(=O)N(C)[C@H](C[C@@H](OC)c1nc(C(=O)N[C@@H](C)C(=O)N[C@@H](Cc2ccc(NC(=O)CNC=O)cc2)C(=O)O)cs1)C(C)C. The third-order valence-electron chi connectivity index (χ3n) is 10.6. The van der Waals surface area contributed by atoms with Gasteiger partial charge in [-0.1, -0.05) is 52.7 Å². The number of carboxylic acid groups (broad SMARTS) is 1. The Hall–Kier alpha value is -4.94. The van der Waals surface area contributed by atoms with E-state index in [-0.39, 0.29) is 54.4 Å². The van der Waals surface area contributed by atoms with E-state index in [1.165, 1.54) is 25.4 Å². The van der Waals surface area contributed by atoms with Crippen LogP contribution in [-0.4, -0.2) is 126 Å². The van der Waals surface area contributed by atoms with E-state index >= 15 is 0 Å². The van der Waals surface area contributed by atoms with E-state index in [1.54, 1.807) is 41.6 Å². The molecule has 1 aromatic carbocycles. The van der Waals surface area contributed by atoms with Gasteiger partial charge in [-0.25, -0.2) is 9.78 Å². The maximum atomic E-state index is 14.1. The van der Waals surface area contributed by atoms with Gasteiger partial charge in [-0.05, 0) is 62.9 Å². The molecule has 1 aromatic heterocycles. The number of carboxylic acids is 1. The third-order valence-corrected chi connectivity index (χ3v) is 11.6. The Bertz CT molecular complexity index is 1720. The van der Waals surface area contributed by atoms with Crippen LogP contribution in [0.4, 0.5) is 5.69 Å². The van der Waals surface area contributed by atoms with Crippen LogP contribution in [0.15, 0.2) is 29.6 Å². The summed E-state index contributed by atoms with van der Waals surface area (Å²) in [6.07, 6.45) is 3.58. The number of benzene rings is 1. The Morgan fingerprint density at radius 1 is 1.05 bits per heavy atom. The number of aliphatic carboxylic acids is 1. The summed E-state index contributed by atoms with van der Waals surface area (Å²) >= 11 is 1.20. The van der Waals surface area contributed by atoms with Crippen molar-refractivity contribution in [3.63, 3.8) is 0 Å². The number of rotatable bonds is 22. The van der Waals surface area contributed by atoms with Crippen LogP contribution in [0.1, 0.15) is 93.9 Å². The van der Waals surface area contributed by atoms with Crippen LogP contribution in [0.2, 0.25) is 0 Å². The molecular formula is C40H60N8O9S. The van der Waals surface area contributed by atoms with Crippen molar-refractivity contribution in [2.24, 2.45) is 11.8 Å². The highest BCUT2D eigenvalue weighted by molar-refractivity contribution is 7.09. The fourth-order valence-electron chi connectivity index (χ4n) is 6.79. The zero-order valence-electron chi connectivity index (χ0n) is 34.7. The first kappa shape index (κ1) is 47.4. The summed E-state index contributed by atoms with van der Waals surface area (Å²) in [5.74, 6) is -3.49. The number of hydrogen-bond acceptors (Lipinski definition) is 11. The number of nitrogens with one attached hydrogen (secondary N) is 5. The predicted octanol–water partition coefficient (Wildman–Crippen LogP) is 2.33. The minimum absolute atomic E-state index is 0.00539. The largest absolute Gasteiger partial charge is 0.480 e. The van der Waals surface area contributed by atoms with Crippen LogP contribution in [-0.2, 0) is 39.9 Å². The second-order valence-corrected chi connectivity index (χ2v) is 16.1. The number of carbonyl (C=O) groups is 7. The van der Waals surface area contributed by atoms with Crippen molar-refractivity contribution in [3.8, 4) is 0 Å². The molecule has 6 N–H and O–H groups in total. The number of hydrogen-bond donors (Lipinski definition) is 6. The van der Waals surface area contributed by atoms with Gasteiger partial charge in [-0.2, -0.15) is 0 Å². The van der Waals surface area contributed by atoms with Crippen LogP contribution in [0.25, 0.3) is 0 Å². The fourth-order valence-corrected chi connectivity index (χ4v) is 7.68. The van der Waals surface area contributed by atoms with Crippen LogP contribution in [0, 0.1) is 11.8 Å². The highest BCUT2D eigenvalue weighted by Crippen LogP contribution is 2.30. The van der Waals surface area contributed by atoms with Gasteiger partial charge in [0.25, 0.3) is 5.91 Å². The topological polar surface area (TPSA) is 228 Å². The van der Waals surface area contributed by atoms with Gasteiger partial charge in [0.05, 0.1) is 12.6 Å².